The quantitative estimate of drug-likeness (QED) is 0.503. The Bertz CT molecular complexity index is 270. The monoisotopic (exact) mass is 224 g/mol. The smallest absolute Gasteiger partial charge is 0.414 e. The summed E-state index contributed by atoms with van der Waals surface area (Å²) in [5, 5.41) is 0. The molecule has 0 saturated carbocycles. The molecule has 0 bridgehead atoms. The summed E-state index contributed by atoms with van der Waals surface area (Å²) in [7, 11) is 1.18. The number of esters is 1. The van der Waals surface area contributed by atoms with Gasteiger partial charge < -0.3 is 9.47 Å². The van der Waals surface area contributed by atoms with Crippen LogP contribution >= 0.6 is 0 Å². The highest BCUT2D eigenvalue weighted by molar-refractivity contribution is 5.82. The van der Waals surface area contributed by atoms with Crippen molar-refractivity contribution in [3.8, 4) is 0 Å². The first-order chi connectivity index (χ1) is 6.93. The van der Waals surface area contributed by atoms with E-state index >= 15 is 0 Å². The highest BCUT2D eigenvalue weighted by atomic mass is 19.4. The van der Waals surface area contributed by atoms with Gasteiger partial charge in [-0.15, -0.1) is 0 Å². The fourth-order valence-corrected chi connectivity index (χ4v) is 1.30. The van der Waals surface area contributed by atoms with Crippen molar-refractivity contribution in [1.82, 2.24) is 0 Å². The zero-order chi connectivity index (χ0) is 11.5. The highest BCUT2D eigenvalue weighted by Crippen LogP contribution is 2.31. The number of carbonyl (C=O) groups is 1. The molecular weight excluding hydrogens is 213 g/mol. The van der Waals surface area contributed by atoms with E-state index in [1.807, 2.05) is 0 Å². The van der Waals surface area contributed by atoms with Crippen LogP contribution in [0.25, 0.3) is 0 Å². The molecule has 15 heavy (non-hydrogen) atoms. The van der Waals surface area contributed by atoms with Crippen molar-refractivity contribution in [3.05, 3.63) is 11.6 Å². The lowest BCUT2D eigenvalue weighted by atomic mass is 10.0. The summed E-state index contributed by atoms with van der Waals surface area (Å²) in [4.78, 5) is 10.8. The van der Waals surface area contributed by atoms with Crippen LogP contribution in [-0.4, -0.2) is 32.0 Å². The number of ether oxygens (including phenoxy) is 2. The predicted molar refractivity (Wildman–Crippen MR) is 45.1 cm³/mol. The van der Waals surface area contributed by atoms with E-state index in [0.717, 1.165) is 6.08 Å². The van der Waals surface area contributed by atoms with Crippen molar-refractivity contribution in [2.24, 2.45) is 0 Å². The molecule has 0 N–H and O–H groups in total. The highest BCUT2D eigenvalue weighted by Gasteiger charge is 2.42. The molecule has 0 aliphatic carbocycles. The van der Waals surface area contributed by atoms with Crippen LogP contribution in [-0.2, 0) is 14.3 Å². The van der Waals surface area contributed by atoms with Crippen molar-refractivity contribution >= 4 is 5.97 Å². The number of hydrogen-bond acceptors (Lipinski definition) is 3. The summed E-state index contributed by atoms with van der Waals surface area (Å²) in [6.07, 6.45) is -5.04. The van der Waals surface area contributed by atoms with Gasteiger partial charge in [0.25, 0.3) is 0 Å². The summed E-state index contributed by atoms with van der Waals surface area (Å²) < 4.78 is 45.7. The summed E-state index contributed by atoms with van der Waals surface area (Å²) in [5.41, 5.74) is 0.412. The van der Waals surface area contributed by atoms with Gasteiger partial charge in [0.1, 0.15) is 0 Å². The first-order valence-electron chi connectivity index (χ1n) is 4.39. The molecule has 0 amide bonds. The van der Waals surface area contributed by atoms with Gasteiger partial charge in [0.05, 0.1) is 13.7 Å². The van der Waals surface area contributed by atoms with Crippen molar-refractivity contribution in [1.29, 1.82) is 0 Å². The molecular formula is C9H11F3O3. The van der Waals surface area contributed by atoms with E-state index < -0.39 is 18.2 Å². The lowest BCUT2D eigenvalue weighted by Crippen LogP contribution is -2.35. The topological polar surface area (TPSA) is 35.5 Å². The van der Waals surface area contributed by atoms with Crippen LogP contribution in [0.1, 0.15) is 12.8 Å². The Hall–Kier alpha value is -1.04. The Morgan fingerprint density at radius 1 is 1.60 bits per heavy atom. The average Bonchev–Trinajstić information content (AvgIpc) is 2.17. The maximum absolute atomic E-state index is 12.3. The Balaban J connectivity index is 2.64. The fraction of sp³-hybridized carbons (Fsp3) is 0.667. The molecule has 1 heterocycles. The molecule has 0 aromatic heterocycles. The molecule has 1 aliphatic rings. The second kappa shape index (κ2) is 4.65. The molecule has 3 nitrogen and oxygen atoms in total. The first-order valence-corrected chi connectivity index (χ1v) is 4.39. The van der Waals surface area contributed by atoms with Crippen molar-refractivity contribution < 1.29 is 27.4 Å². The van der Waals surface area contributed by atoms with E-state index in [9.17, 15) is 18.0 Å². The van der Waals surface area contributed by atoms with Gasteiger partial charge >= 0.3 is 12.1 Å². The minimum Gasteiger partial charge on any atom is -0.466 e. The van der Waals surface area contributed by atoms with Gasteiger partial charge in [-0.1, -0.05) is 5.57 Å². The van der Waals surface area contributed by atoms with Crippen LogP contribution in [0.2, 0.25) is 0 Å². The van der Waals surface area contributed by atoms with Crippen LogP contribution < -0.4 is 0 Å². The Morgan fingerprint density at radius 2 is 2.27 bits per heavy atom. The molecule has 86 valence electrons. The Morgan fingerprint density at radius 3 is 2.80 bits per heavy atom. The van der Waals surface area contributed by atoms with Gasteiger partial charge in [-0.2, -0.15) is 13.2 Å². The van der Waals surface area contributed by atoms with E-state index in [4.69, 9.17) is 0 Å². The van der Waals surface area contributed by atoms with Crippen LogP contribution in [0.3, 0.4) is 0 Å². The molecule has 1 atom stereocenters. The van der Waals surface area contributed by atoms with Crippen LogP contribution in [0.5, 0.6) is 0 Å². The minimum absolute atomic E-state index is 0.0208. The van der Waals surface area contributed by atoms with Crippen LogP contribution in [0.15, 0.2) is 11.6 Å². The maximum Gasteiger partial charge on any atom is 0.414 e. The van der Waals surface area contributed by atoms with Crippen LogP contribution in [0.4, 0.5) is 13.2 Å². The van der Waals surface area contributed by atoms with Gasteiger partial charge in [0.15, 0.2) is 6.10 Å². The third kappa shape index (κ3) is 3.54. The number of rotatable bonds is 1. The van der Waals surface area contributed by atoms with E-state index in [1.54, 1.807) is 0 Å². The van der Waals surface area contributed by atoms with Gasteiger partial charge in [0.2, 0.25) is 0 Å². The van der Waals surface area contributed by atoms with Crippen molar-refractivity contribution in [3.63, 3.8) is 0 Å². The van der Waals surface area contributed by atoms with Gasteiger partial charge in [-0.05, 0) is 6.42 Å². The number of methoxy groups -OCH3 is 1. The largest absolute Gasteiger partial charge is 0.466 e. The summed E-state index contributed by atoms with van der Waals surface area (Å²) in [6, 6.07) is 0. The predicted octanol–water partition coefficient (Wildman–Crippen LogP) is 1.83. The molecule has 1 fully saturated rings. The number of alkyl halides is 3. The molecule has 0 radical (unpaired) electrons. The summed E-state index contributed by atoms with van der Waals surface area (Å²) in [6.45, 7) is -0.0208. The summed E-state index contributed by atoms with van der Waals surface area (Å²) >= 11 is 0. The lowest BCUT2D eigenvalue weighted by molar-refractivity contribution is -0.224. The average molecular weight is 224 g/mol. The summed E-state index contributed by atoms with van der Waals surface area (Å²) in [5.74, 6) is -0.632. The molecule has 6 heteroatoms. The van der Waals surface area contributed by atoms with Gasteiger partial charge in [-0.3, -0.25) is 0 Å². The normalized spacial score (nSPS) is 25.3. The Kier molecular flexibility index (Phi) is 3.73. The fourth-order valence-electron chi connectivity index (χ4n) is 1.30. The van der Waals surface area contributed by atoms with Gasteiger partial charge in [-0.25, -0.2) is 4.79 Å². The zero-order valence-corrected chi connectivity index (χ0v) is 8.13. The second-order valence-corrected chi connectivity index (χ2v) is 3.18. The number of carbonyl (C=O) groups excluding carboxylic acids is 1. The number of hydrogen-bond donors (Lipinski definition) is 0. The second-order valence-electron chi connectivity index (χ2n) is 3.18. The molecule has 0 aromatic carbocycles. The third-order valence-corrected chi connectivity index (χ3v) is 2.08. The molecule has 1 saturated heterocycles. The minimum atomic E-state index is -4.38. The van der Waals surface area contributed by atoms with E-state index in [0.29, 0.717) is 12.0 Å². The SMILES string of the molecule is COC(=O)/C=C1/CCOC(C(F)(F)F)C1. The molecule has 1 unspecified atom stereocenters. The van der Waals surface area contributed by atoms with E-state index in [-0.39, 0.29) is 13.0 Å². The van der Waals surface area contributed by atoms with E-state index in [1.165, 1.54) is 7.11 Å². The maximum atomic E-state index is 12.3. The Labute approximate surface area is 84.8 Å². The molecule has 0 aromatic rings. The lowest BCUT2D eigenvalue weighted by Gasteiger charge is -2.26. The standard InChI is InChI=1S/C9H11F3O3/c1-14-8(13)5-6-2-3-15-7(4-6)9(10,11)12/h5,7H,2-4H2,1H3/b6-5-. The molecule has 0 spiro atoms. The molecule has 1 aliphatic heterocycles. The van der Waals surface area contributed by atoms with Crippen molar-refractivity contribution in [2.75, 3.05) is 13.7 Å². The van der Waals surface area contributed by atoms with Gasteiger partial charge in [0, 0.05) is 12.5 Å². The third-order valence-electron chi connectivity index (χ3n) is 2.08. The number of halogens is 3. The van der Waals surface area contributed by atoms with E-state index in [2.05, 4.69) is 9.47 Å². The molecule has 1 rings (SSSR count). The van der Waals surface area contributed by atoms with Crippen LogP contribution in [0, 0.1) is 0 Å². The zero-order valence-electron chi connectivity index (χ0n) is 8.13. The van der Waals surface area contributed by atoms with Crippen molar-refractivity contribution in [2.45, 2.75) is 25.1 Å². The first kappa shape index (κ1) is 12.0.